The van der Waals surface area contributed by atoms with Gasteiger partial charge in [0.1, 0.15) is 0 Å². The lowest BCUT2D eigenvalue weighted by Crippen LogP contribution is -2.03. The number of hydrogen-bond acceptors (Lipinski definition) is 0. The summed E-state index contributed by atoms with van der Waals surface area (Å²) < 4.78 is 39.0. The molecule has 0 N–H and O–H groups in total. The molecule has 0 aliphatic heterocycles. The molecule has 0 saturated heterocycles. The van der Waals surface area contributed by atoms with E-state index in [0.29, 0.717) is 0 Å². The van der Waals surface area contributed by atoms with Gasteiger partial charge in [-0.15, -0.1) is 0 Å². The van der Waals surface area contributed by atoms with Crippen LogP contribution < -0.4 is 10.6 Å². The second kappa shape index (κ2) is 12.1. The maximum atomic E-state index is 9.75. The third-order valence-electron chi connectivity index (χ3n) is 3.93. The quantitative estimate of drug-likeness (QED) is 0.295. The maximum Gasteiger partial charge on any atom is 0.673 e. The molecule has 0 nitrogen and oxygen atoms in total. The van der Waals surface area contributed by atoms with Crippen molar-refractivity contribution in [3.63, 3.8) is 0 Å². The summed E-state index contributed by atoms with van der Waals surface area (Å²) >= 11 is 0. The molecule has 0 radical (unpaired) electrons. The van der Waals surface area contributed by atoms with Crippen LogP contribution in [0.15, 0.2) is 48.5 Å². The van der Waals surface area contributed by atoms with Gasteiger partial charge in [-0.25, -0.2) is 0 Å². The Labute approximate surface area is 156 Å². The molecule has 0 unspecified atom stereocenters. The van der Waals surface area contributed by atoms with Crippen LogP contribution in [0.2, 0.25) is 0 Å². The van der Waals surface area contributed by atoms with Crippen LogP contribution >= 0.6 is 8.58 Å². The van der Waals surface area contributed by atoms with Crippen LogP contribution in [0.1, 0.15) is 50.7 Å². The van der Waals surface area contributed by atoms with Crippen molar-refractivity contribution in [1.29, 1.82) is 0 Å². The van der Waals surface area contributed by atoms with E-state index in [4.69, 9.17) is 0 Å². The van der Waals surface area contributed by atoms with Crippen LogP contribution in [0.25, 0.3) is 0 Å². The van der Waals surface area contributed by atoms with Gasteiger partial charge in [-0.1, -0.05) is 51.0 Å². The van der Waals surface area contributed by atoms with Gasteiger partial charge in [0.25, 0.3) is 0 Å². The third kappa shape index (κ3) is 11.3. The molecule has 0 amide bonds. The van der Waals surface area contributed by atoms with Gasteiger partial charge in [-0.3, -0.25) is 0 Å². The number of halogens is 4. The van der Waals surface area contributed by atoms with E-state index in [-0.39, 0.29) is 8.58 Å². The SMILES string of the molecule is CCCCc1ccc([PH2+]c2ccc(CCCC)cc2)cc1.F[B-](F)(F)F. The summed E-state index contributed by atoms with van der Waals surface area (Å²) in [4.78, 5) is 0. The minimum Gasteiger partial charge on any atom is -0.418 e. The third-order valence-corrected chi connectivity index (χ3v) is 5.37. The van der Waals surface area contributed by atoms with Gasteiger partial charge in [-0.05, 0) is 61.1 Å². The van der Waals surface area contributed by atoms with Gasteiger partial charge in [-0.2, -0.15) is 0 Å². The van der Waals surface area contributed by atoms with Crippen molar-refractivity contribution in [1.82, 2.24) is 0 Å². The van der Waals surface area contributed by atoms with Gasteiger partial charge in [0.2, 0.25) is 0 Å². The first-order chi connectivity index (χ1) is 12.3. The van der Waals surface area contributed by atoms with Crippen LogP contribution in [0, 0.1) is 0 Å². The van der Waals surface area contributed by atoms with E-state index in [0.717, 1.165) is 0 Å². The first kappa shape index (κ1) is 22.7. The topological polar surface area (TPSA) is 0 Å². The van der Waals surface area contributed by atoms with E-state index in [1.807, 2.05) is 0 Å². The normalized spacial score (nSPS) is 11.0. The molecule has 0 aliphatic carbocycles. The molecule has 0 bridgehead atoms. The Morgan fingerprint density at radius 3 is 1.23 bits per heavy atom. The fourth-order valence-corrected chi connectivity index (χ4v) is 3.67. The van der Waals surface area contributed by atoms with Crippen molar-refractivity contribution in [2.45, 2.75) is 52.4 Å². The molecule has 2 aromatic rings. The molecular formula is C20H28BF4P. The molecule has 0 spiro atoms. The molecular weight excluding hydrogens is 358 g/mol. The van der Waals surface area contributed by atoms with Gasteiger partial charge in [0.15, 0.2) is 0 Å². The summed E-state index contributed by atoms with van der Waals surface area (Å²) in [6.07, 6.45) is 7.59. The molecule has 2 aromatic carbocycles. The van der Waals surface area contributed by atoms with Crippen LogP contribution in [-0.2, 0) is 12.8 Å². The first-order valence-corrected chi connectivity index (χ1v) is 10.4. The van der Waals surface area contributed by atoms with Crippen LogP contribution in [0.3, 0.4) is 0 Å². The molecule has 2 rings (SSSR count). The van der Waals surface area contributed by atoms with Gasteiger partial charge in [0.05, 0.1) is 19.2 Å². The largest absolute Gasteiger partial charge is 0.673 e. The lowest BCUT2D eigenvalue weighted by molar-refractivity contribution is 0.368. The summed E-state index contributed by atoms with van der Waals surface area (Å²) in [5.41, 5.74) is 2.96. The number of benzene rings is 2. The van der Waals surface area contributed by atoms with E-state index in [9.17, 15) is 17.3 Å². The van der Waals surface area contributed by atoms with Gasteiger partial charge >= 0.3 is 7.25 Å². The van der Waals surface area contributed by atoms with Crippen LogP contribution in [-0.4, -0.2) is 7.25 Å². The van der Waals surface area contributed by atoms with Crippen LogP contribution in [0.5, 0.6) is 0 Å². The maximum absolute atomic E-state index is 9.75. The number of rotatable bonds is 8. The minimum absolute atomic E-state index is 0.235. The van der Waals surface area contributed by atoms with Crippen LogP contribution in [0.4, 0.5) is 17.3 Å². The lowest BCUT2D eigenvalue weighted by atomic mass is 10.1. The summed E-state index contributed by atoms with van der Waals surface area (Å²) in [5.74, 6) is 0. The zero-order valence-electron chi connectivity index (χ0n) is 15.5. The highest BCUT2D eigenvalue weighted by Gasteiger charge is 2.20. The summed E-state index contributed by atoms with van der Waals surface area (Å²) in [6.45, 7) is 4.51. The van der Waals surface area contributed by atoms with Gasteiger partial charge in [0, 0.05) is 0 Å². The number of unbranched alkanes of at least 4 members (excludes halogenated alkanes) is 2. The fraction of sp³-hybridized carbons (Fsp3) is 0.400. The fourth-order valence-electron chi connectivity index (χ4n) is 2.52. The highest BCUT2D eigenvalue weighted by atomic mass is 31.1. The summed E-state index contributed by atoms with van der Waals surface area (Å²) in [5, 5.41) is 2.99. The number of hydrogen-bond donors (Lipinski definition) is 0. The van der Waals surface area contributed by atoms with E-state index < -0.39 is 7.25 Å². The Kier molecular flexibility index (Phi) is 10.6. The van der Waals surface area contributed by atoms with Crippen molar-refractivity contribution in [3.8, 4) is 0 Å². The minimum atomic E-state index is -6.00. The molecule has 6 heteroatoms. The highest BCUT2D eigenvalue weighted by Crippen LogP contribution is 2.14. The van der Waals surface area contributed by atoms with E-state index in [1.54, 1.807) is 0 Å². The van der Waals surface area contributed by atoms with Gasteiger partial charge < -0.3 is 17.3 Å². The molecule has 0 aromatic heterocycles. The molecule has 0 fully saturated rings. The standard InChI is InChI=1S/C20H27P.BF4/c1-3-5-7-17-9-13-19(14-10-17)21-20-15-11-18(12-16-20)8-6-4-2;2-1(3,4)5/h9-16,21H,3-8H2,1-2H3;/q;-1/p+1. The van der Waals surface area contributed by atoms with E-state index in [2.05, 4.69) is 62.4 Å². The Balaban J connectivity index is 0.000000597. The molecule has 26 heavy (non-hydrogen) atoms. The Morgan fingerprint density at radius 1 is 0.654 bits per heavy atom. The monoisotopic (exact) mass is 386 g/mol. The van der Waals surface area contributed by atoms with Crippen molar-refractivity contribution in [2.75, 3.05) is 0 Å². The zero-order chi connectivity index (χ0) is 19.4. The smallest absolute Gasteiger partial charge is 0.418 e. The predicted molar refractivity (Wildman–Crippen MR) is 109 cm³/mol. The first-order valence-electron chi connectivity index (χ1n) is 9.21. The molecule has 0 saturated carbocycles. The predicted octanol–water partition coefficient (Wildman–Crippen LogP) is 6.03. The molecule has 0 heterocycles. The summed E-state index contributed by atoms with van der Waals surface area (Å²) in [6, 6.07) is 18.6. The average Bonchev–Trinajstić information content (AvgIpc) is 2.59. The lowest BCUT2D eigenvalue weighted by Gasteiger charge is -2.02. The van der Waals surface area contributed by atoms with Crippen molar-refractivity contribution >= 4 is 26.4 Å². The molecule has 144 valence electrons. The Bertz CT molecular complexity index is 554. The highest BCUT2D eigenvalue weighted by molar-refractivity contribution is 7.55. The summed E-state index contributed by atoms with van der Waals surface area (Å²) in [7, 11) is -5.77. The Morgan fingerprint density at radius 2 is 0.962 bits per heavy atom. The van der Waals surface area contributed by atoms with Crippen molar-refractivity contribution in [2.24, 2.45) is 0 Å². The van der Waals surface area contributed by atoms with Crippen molar-refractivity contribution < 1.29 is 17.3 Å². The molecule has 0 atom stereocenters. The molecule has 0 aliphatic rings. The number of aryl methyl sites for hydroxylation is 2. The van der Waals surface area contributed by atoms with Crippen molar-refractivity contribution in [3.05, 3.63) is 59.7 Å². The zero-order valence-corrected chi connectivity index (χ0v) is 16.7. The van der Waals surface area contributed by atoms with E-state index in [1.165, 1.54) is 60.3 Å². The average molecular weight is 386 g/mol. The Hall–Kier alpha value is -1.35. The second-order valence-electron chi connectivity index (χ2n) is 6.33. The van der Waals surface area contributed by atoms with E-state index >= 15 is 0 Å². The second-order valence-corrected chi connectivity index (χ2v) is 7.95.